The molecule has 4 aliphatic heterocycles. The number of nitriles is 1. The lowest BCUT2D eigenvalue weighted by Crippen LogP contribution is -2.70. The van der Waals surface area contributed by atoms with E-state index in [1.165, 1.54) is 6.42 Å². The monoisotopic (exact) mass is 557 g/mol. The van der Waals surface area contributed by atoms with E-state index in [0.717, 1.165) is 68.2 Å². The van der Waals surface area contributed by atoms with Crippen LogP contribution in [0.25, 0.3) is 16.6 Å². The lowest BCUT2D eigenvalue weighted by molar-refractivity contribution is -0.0555. The highest BCUT2D eigenvalue weighted by Crippen LogP contribution is 2.49. The van der Waals surface area contributed by atoms with Gasteiger partial charge in [0.1, 0.15) is 24.2 Å². The summed E-state index contributed by atoms with van der Waals surface area (Å²) in [6, 6.07) is 9.52. The van der Waals surface area contributed by atoms with E-state index in [-0.39, 0.29) is 6.10 Å². The molecule has 0 aromatic carbocycles. The molecule has 0 amide bonds. The summed E-state index contributed by atoms with van der Waals surface area (Å²) in [7, 11) is 1.82. The molecule has 216 valence electrons. The van der Waals surface area contributed by atoms with E-state index in [1.54, 1.807) is 10.7 Å². The Morgan fingerprint density at radius 1 is 1.20 bits per heavy atom. The van der Waals surface area contributed by atoms with Gasteiger partial charge in [0.15, 0.2) is 0 Å². The van der Waals surface area contributed by atoms with Crippen LogP contribution >= 0.6 is 0 Å². The number of fused-ring (bicyclic) bond motifs is 4. The van der Waals surface area contributed by atoms with Crippen LogP contribution in [0.4, 0.5) is 5.82 Å². The number of piperidine rings is 2. The molecule has 41 heavy (non-hydrogen) atoms. The average molecular weight is 558 g/mol. The number of hydrogen-bond donors (Lipinski definition) is 1. The van der Waals surface area contributed by atoms with Crippen molar-refractivity contribution < 1.29 is 14.6 Å². The summed E-state index contributed by atoms with van der Waals surface area (Å²) in [6.45, 7) is 10.4. The van der Waals surface area contributed by atoms with Gasteiger partial charge in [-0.15, -0.1) is 0 Å². The molecule has 2 bridgehead atoms. The smallest absolute Gasteiger partial charge is 0.138 e. The first-order valence-corrected chi connectivity index (χ1v) is 14.8. The SMILES string of the molecule is COC(CN1C2CC1CN(c1ccc(-c3cc(OCCN4CC5CC5(O)C4)cn4ncc(C#N)c34)cn1)C2)C(C)C. The second-order valence-electron chi connectivity index (χ2n) is 12.7. The highest BCUT2D eigenvalue weighted by molar-refractivity contribution is 5.85. The molecule has 7 heterocycles. The fourth-order valence-electron chi connectivity index (χ4n) is 7.17. The Hall–Kier alpha value is -3.23. The maximum atomic E-state index is 10.3. The number of pyridine rings is 2. The van der Waals surface area contributed by atoms with E-state index in [2.05, 4.69) is 51.8 Å². The first-order valence-electron chi connectivity index (χ1n) is 14.8. The lowest BCUT2D eigenvalue weighted by atomic mass is 9.86. The molecule has 1 saturated carbocycles. The molecule has 10 nitrogen and oxygen atoms in total. The maximum Gasteiger partial charge on any atom is 0.138 e. The Bertz CT molecular complexity index is 1450. The van der Waals surface area contributed by atoms with Crippen LogP contribution in [-0.4, -0.2) is 106 Å². The van der Waals surface area contributed by atoms with Gasteiger partial charge < -0.3 is 19.5 Å². The van der Waals surface area contributed by atoms with Crippen molar-refractivity contribution in [2.24, 2.45) is 11.8 Å². The van der Waals surface area contributed by atoms with Crippen molar-refractivity contribution in [1.82, 2.24) is 24.4 Å². The largest absolute Gasteiger partial charge is 0.491 e. The van der Waals surface area contributed by atoms with E-state index in [0.29, 0.717) is 41.8 Å². The third-order valence-corrected chi connectivity index (χ3v) is 9.72. The predicted octanol–water partition coefficient (Wildman–Crippen LogP) is 2.65. The Balaban J connectivity index is 1.05. The molecular formula is C31H39N7O3. The number of likely N-dealkylation sites (tertiary alicyclic amines) is 1. The number of aromatic nitrogens is 3. The highest BCUT2D eigenvalue weighted by atomic mass is 16.5. The number of methoxy groups -OCH3 is 1. The fourth-order valence-corrected chi connectivity index (χ4v) is 7.17. The molecule has 0 spiro atoms. The Morgan fingerprint density at radius 3 is 2.68 bits per heavy atom. The molecule has 4 saturated heterocycles. The standard InChI is InChI=1S/C31H39N7O3/c1-20(2)28(40-3)18-37-24-8-25(37)16-36(15-24)29-5-4-21(12-33-29)27-9-26(17-38-30(27)22(11-32)13-34-38)41-7-6-35-14-23-10-31(23,39)19-35/h4-5,9,12-13,17,20,23-25,28,39H,6-8,10,14-16,18-19H2,1-3H3. The van der Waals surface area contributed by atoms with Crippen LogP contribution in [-0.2, 0) is 4.74 Å². The van der Waals surface area contributed by atoms with E-state index in [1.807, 2.05) is 25.6 Å². The van der Waals surface area contributed by atoms with Gasteiger partial charge in [-0.1, -0.05) is 13.8 Å². The van der Waals surface area contributed by atoms with Gasteiger partial charge >= 0.3 is 0 Å². The molecule has 0 radical (unpaired) electrons. The van der Waals surface area contributed by atoms with Gasteiger partial charge in [-0.3, -0.25) is 9.80 Å². The van der Waals surface area contributed by atoms with E-state index >= 15 is 0 Å². The molecule has 3 aromatic rings. The lowest BCUT2D eigenvalue weighted by Gasteiger charge is -2.57. The summed E-state index contributed by atoms with van der Waals surface area (Å²) in [5.41, 5.74) is 2.62. The molecule has 3 aromatic heterocycles. The minimum absolute atomic E-state index is 0.265. The van der Waals surface area contributed by atoms with Crippen molar-refractivity contribution in [3.05, 3.63) is 42.4 Å². The zero-order valence-corrected chi connectivity index (χ0v) is 24.1. The topological polar surface area (TPSA) is 102 Å². The van der Waals surface area contributed by atoms with Gasteiger partial charge in [0.05, 0.1) is 35.2 Å². The van der Waals surface area contributed by atoms with Gasteiger partial charge in [0, 0.05) is 81.7 Å². The number of rotatable bonds is 10. The summed E-state index contributed by atoms with van der Waals surface area (Å²) in [6.07, 6.45) is 7.77. The van der Waals surface area contributed by atoms with E-state index in [9.17, 15) is 10.4 Å². The second kappa shape index (κ2) is 10.2. The minimum Gasteiger partial charge on any atom is -0.491 e. The summed E-state index contributed by atoms with van der Waals surface area (Å²) < 4.78 is 13.6. The number of nitrogens with zero attached hydrogens (tertiary/aromatic N) is 7. The quantitative estimate of drug-likeness (QED) is 0.403. The number of β-amino-alcohol motifs (C(OH)–C–C–N with tert-alkyl or cyclic N) is 1. The molecule has 5 fully saturated rings. The molecule has 5 atom stereocenters. The molecule has 1 N–H and O–H groups in total. The number of anilines is 1. The fraction of sp³-hybridized carbons (Fsp3) is 0.581. The maximum absolute atomic E-state index is 10.3. The van der Waals surface area contributed by atoms with Crippen LogP contribution in [0.15, 0.2) is 36.8 Å². The number of ether oxygens (including phenoxy) is 2. The summed E-state index contributed by atoms with van der Waals surface area (Å²) in [4.78, 5) is 12.1. The number of hydrogen-bond acceptors (Lipinski definition) is 9. The van der Waals surface area contributed by atoms with Crippen molar-refractivity contribution in [1.29, 1.82) is 5.26 Å². The molecule has 1 aliphatic carbocycles. The van der Waals surface area contributed by atoms with Gasteiger partial charge in [-0.25, -0.2) is 9.50 Å². The van der Waals surface area contributed by atoms with Gasteiger partial charge in [-0.05, 0) is 37.0 Å². The van der Waals surface area contributed by atoms with Gasteiger partial charge in [-0.2, -0.15) is 10.4 Å². The molecule has 10 heteroatoms. The van der Waals surface area contributed by atoms with Crippen LogP contribution in [0, 0.1) is 23.2 Å². The zero-order valence-electron chi connectivity index (χ0n) is 24.1. The zero-order chi connectivity index (χ0) is 28.3. The van der Waals surface area contributed by atoms with Crippen LogP contribution in [0.5, 0.6) is 5.75 Å². The highest BCUT2D eigenvalue weighted by Gasteiger charge is 2.58. The third kappa shape index (κ3) is 4.85. The molecule has 5 unspecified atom stereocenters. The van der Waals surface area contributed by atoms with Crippen LogP contribution in [0.1, 0.15) is 32.3 Å². The average Bonchev–Trinajstić information content (AvgIpc) is 3.27. The van der Waals surface area contributed by atoms with Crippen LogP contribution < -0.4 is 9.64 Å². The third-order valence-electron chi connectivity index (χ3n) is 9.72. The Morgan fingerprint density at radius 2 is 2.02 bits per heavy atom. The van der Waals surface area contributed by atoms with Crippen molar-refractivity contribution in [3.8, 4) is 22.9 Å². The van der Waals surface area contributed by atoms with Crippen LogP contribution in [0.2, 0.25) is 0 Å². The van der Waals surface area contributed by atoms with Crippen molar-refractivity contribution in [2.45, 2.75) is 50.5 Å². The van der Waals surface area contributed by atoms with Gasteiger partial charge in [0.2, 0.25) is 0 Å². The predicted molar refractivity (Wildman–Crippen MR) is 155 cm³/mol. The first kappa shape index (κ1) is 26.7. The first-order chi connectivity index (χ1) is 19.8. The van der Waals surface area contributed by atoms with Gasteiger partial charge in [0.25, 0.3) is 0 Å². The van der Waals surface area contributed by atoms with Crippen molar-refractivity contribution in [2.75, 3.05) is 57.9 Å². The minimum atomic E-state index is -0.455. The molecule has 5 aliphatic rings. The number of piperazine rings is 1. The summed E-state index contributed by atoms with van der Waals surface area (Å²) in [5, 5.41) is 24.5. The normalized spacial score (nSPS) is 28.0. The van der Waals surface area contributed by atoms with Crippen molar-refractivity contribution >= 4 is 11.3 Å². The molecule has 8 rings (SSSR count). The Labute approximate surface area is 241 Å². The van der Waals surface area contributed by atoms with E-state index in [4.69, 9.17) is 14.5 Å². The number of aliphatic hydroxyl groups is 1. The van der Waals surface area contributed by atoms with Crippen molar-refractivity contribution in [3.63, 3.8) is 0 Å². The summed E-state index contributed by atoms with van der Waals surface area (Å²) >= 11 is 0. The molecular weight excluding hydrogens is 518 g/mol. The van der Waals surface area contributed by atoms with E-state index < -0.39 is 5.60 Å². The summed E-state index contributed by atoms with van der Waals surface area (Å²) in [5.74, 6) is 2.61. The second-order valence-corrected chi connectivity index (χ2v) is 12.7. The van der Waals surface area contributed by atoms with Crippen LogP contribution in [0.3, 0.4) is 0 Å². The Kier molecular flexibility index (Phi) is 6.66.